The highest BCUT2D eigenvalue weighted by atomic mass is 79.9. The molecule has 6 heteroatoms. The molecule has 0 unspecified atom stereocenters. The third-order valence-electron chi connectivity index (χ3n) is 1.45. The first-order valence-corrected chi connectivity index (χ1v) is 8.98. The molecule has 0 aromatic heterocycles. The van der Waals surface area contributed by atoms with Crippen LogP contribution in [0.15, 0.2) is 24.3 Å². The van der Waals surface area contributed by atoms with Crippen LogP contribution in [0.4, 0.5) is 5.69 Å². The Bertz CT molecular complexity index is 302. The highest BCUT2D eigenvalue weighted by Gasteiger charge is 2.05. The highest BCUT2D eigenvalue weighted by Crippen LogP contribution is 2.54. The van der Waals surface area contributed by atoms with Gasteiger partial charge in [-0.25, -0.2) is 0 Å². The Morgan fingerprint density at radius 1 is 1.31 bits per heavy atom. The van der Waals surface area contributed by atoms with Gasteiger partial charge in [0.25, 0.3) is 5.69 Å². The van der Waals surface area contributed by atoms with E-state index >= 15 is 0 Å². The van der Waals surface area contributed by atoms with Crippen LogP contribution in [0.25, 0.3) is 0 Å². The highest BCUT2D eigenvalue weighted by molar-refractivity contribution is 9.69. The lowest BCUT2D eigenvalue weighted by Crippen LogP contribution is -1.87. The van der Waals surface area contributed by atoms with E-state index in [2.05, 4.69) is 31.0 Å². The van der Waals surface area contributed by atoms with E-state index in [1.54, 1.807) is 12.1 Å². The molecular formula is C7H6Br2NO2P. The lowest BCUT2D eigenvalue weighted by molar-refractivity contribution is -0.384. The average Bonchev–Trinajstić information content (AvgIpc) is 2.04. The van der Waals surface area contributed by atoms with Crippen molar-refractivity contribution < 1.29 is 4.92 Å². The summed E-state index contributed by atoms with van der Waals surface area (Å²) in [6.07, 6.45) is 0.868. The molecule has 13 heavy (non-hydrogen) atoms. The van der Waals surface area contributed by atoms with Gasteiger partial charge in [-0.1, -0.05) is 12.1 Å². The first-order chi connectivity index (χ1) is 6.09. The predicted molar refractivity (Wildman–Crippen MR) is 61.6 cm³/mol. The molecule has 0 heterocycles. The first kappa shape index (κ1) is 11.1. The van der Waals surface area contributed by atoms with Crippen molar-refractivity contribution >= 4 is 42.0 Å². The summed E-state index contributed by atoms with van der Waals surface area (Å²) in [6.45, 7) is 0. The molecule has 0 saturated heterocycles. The molecule has 0 fully saturated rings. The quantitative estimate of drug-likeness (QED) is 0.474. The number of rotatable bonds is 3. The van der Waals surface area contributed by atoms with Crippen molar-refractivity contribution in [1.82, 2.24) is 0 Å². The van der Waals surface area contributed by atoms with Crippen molar-refractivity contribution in [2.75, 3.05) is 0 Å². The van der Waals surface area contributed by atoms with E-state index in [1.165, 1.54) is 12.1 Å². The van der Waals surface area contributed by atoms with E-state index in [0.29, 0.717) is 0 Å². The van der Waals surface area contributed by atoms with Gasteiger partial charge in [0.1, 0.15) is 0 Å². The fourth-order valence-corrected chi connectivity index (χ4v) is 3.09. The van der Waals surface area contributed by atoms with Crippen LogP contribution in [-0.2, 0) is 6.16 Å². The van der Waals surface area contributed by atoms with Crippen LogP contribution in [0.2, 0.25) is 0 Å². The molecule has 1 aromatic carbocycles. The second-order valence-electron chi connectivity index (χ2n) is 2.38. The molecule has 0 bridgehead atoms. The molecule has 0 aliphatic rings. The van der Waals surface area contributed by atoms with Crippen LogP contribution in [0.1, 0.15) is 5.56 Å². The third kappa shape index (κ3) is 3.71. The second-order valence-corrected chi connectivity index (χ2v) is 11.3. The summed E-state index contributed by atoms with van der Waals surface area (Å²) in [7, 11) is 0. The standard InChI is InChI=1S/C7H6Br2NO2P/c8-13(9)5-6-1-3-7(4-2-6)10(11)12/h1-4H,5H2. The Balaban J connectivity index is 2.75. The normalized spacial score (nSPS) is 10.4. The average molecular weight is 327 g/mol. The second kappa shape index (κ2) is 5.03. The minimum Gasteiger partial charge on any atom is -0.258 e. The Kier molecular flexibility index (Phi) is 4.29. The summed E-state index contributed by atoms with van der Waals surface area (Å²) in [5.74, 6) is 0. The molecule has 1 aromatic rings. The van der Waals surface area contributed by atoms with Gasteiger partial charge in [0.2, 0.25) is 0 Å². The summed E-state index contributed by atoms with van der Waals surface area (Å²) in [6, 6.07) is 6.59. The van der Waals surface area contributed by atoms with Gasteiger partial charge in [-0.2, -0.15) is 0 Å². The van der Waals surface area contributed by atoms with Gasteiger partial charge in [-0.05, 0) is 36.5 Å². The maximum atomic E-state index is 10.3. The van der Waals surface area contributed by atoms with Gasteiger partial charge in [-0.15, -0.1) is 0 Å². The molecular weight excluding hydrogens is 321 g/mol. The predicted octanol–water partition coefficient (Wildman–Crippen LogP) is 4.20. The summed E-state index contributed by atoms with van der Waals surface area (Å²) in [5.41, 5.74) is 1.22. The fraction of sp³-hybridized carbons (Fsp3) is 0.143. The summed E-state index contributed by atoms with van der Waals surface area (Å²) in [5, 5.41) is 9.98. The first-order valence-electron chi connectivity index (χ1n) is 3.42. The van der Waals surface area contributed by atoms with Crippen LogP contribution in [-0.4, -0.2) is 4.92 Å². The zero-order valence-electron chi connectivity index (χ0n) is 6.48. The summed E-state index contributed by atoms with van der Waals surface area (Å²) >= 11 is 6.81. The van der Waals surface area contributed by atoms with Gasteiger partial charge in [0.15, 0.2) is 0 Å². The van der Waals surface area contributed by atoms with Crippen molar-refractivity contribution in [2.24, 2.45) is 0 Å². The number of halogens is 2. The molecule has 70 valence electrons. The van der Waals surface area contributed by atoms with E-state index in [1.807, 2.05) is 0 Å². The Labute approximate surface area is 92.9 Å². The van der Waals surface area contributed by atoms with Gasteiger partial charge in [0, 0.05) is 23.6 Å². The molecule has 0 aliphatic carbocycles. The molecule has 0 radical (unpaired) electrons. The SMILES string of the molecule is O=[N+]([O-])c1ccc(CP(Br)Br)cc1. The largest absolute Gasteiger partial charge is 0.269 e. The number of nitro groups is 1. The lowest BCUT2D eigenvalue weighted by atomic mass is 10.2. The van der Waals surface area contributed by atoms with Crippen LogP contribution in [0.3, 0.4) is 0 Å². The van der Waals surface area contributed by atoms with E-state index in [9.17, 15) is 10.1 Å². The van der Waals surface area contributed by atoms with Crippen LogP contribution >= 0.6 is 36.3 Å². The molecule has 0 amide bonds. The summed E-state index contributed by atoms with van der Waals surface area (Å²) < 4.78 is 0. The Morgan fingerprint density at radius 3 is 2.23 bits per heavy atom. The number of nitro benzene ring substituents is 1. The third-order valence-corrected chi connectivity index (χ3v) is 3.56. The minimum absolute atomic E-state index is 0.136. The maximum Gasteiger partial charge on any atom is 0.269 e. The number of benzene rings is 1. The lowest BCUT2D eigenvalue weighted by Gasteiger charge is -2.00. The van der Waals surface area contributed by atoms with Crippen molar-refractivity contribution in [2.45, 2.75) is 6.16 Å². The molecule has 0 atom stereocenters. The van der Waals surface area contributed by atoms with Gasteiger partial charge in [-0.3, -0.25) is 10.1 Å². The number of hydrogen-bond acceptors (Lipinski definition) is 2. The van der Waals surface area contributed by atoms with Crippen LogP contribution in [0.5, 0.6) is 0 Å². The van der Waals surface area contributed by atoms with Crippen molar-refractivity contribution in [3.05, 3.63) is 39.9 Å². The summed E-state index contributed by atoms with van der Waals surface area (Å²) in [4.78, 5) is 9.93. The molecule has 3 nitrogen and oxygen atoms in total. The van der Waals surface area contributed by atoms with Crippen molar-refractivity contribution in [3.63, 3.8) is 0 Å². The Hall–Kier alpha value is 0.01000. The zero-order valence-corrected chi connectivity index (χ0v) is 10.5. The van der Waals surface area contributed by atoms with E-state index in [4.69, 9.17) is 0 Å². The number of nitrogens with zero attached hydrogens (tertiary/aromatic N) is 1. The van der Waals surface area contributed by atoms with Gasteiger partial charge in [0.05, 0.1) is 4.92 Å². The molecule has 0 aliphatic heterocycles. The molecule has 0 N–H and O–H groups in total. The van der Waals surface area contributed by atoms with Crippen molar-refractivity contribution in [3.8, 4) is 0 Å². The molecule has 0 spiro atoms. The van der Waals surface area contributed by atoms with E-state index in [-0.39, 0.29) is 11.0 Å². The van der Waals surface area contributed by atoms with Crippen molar-refractivity contribution in [1.29, 1.82) is 0 Å². The van der Waals surface area contributed by atoms with E-state index < -0.39 is 4.92 Å². The minimum atomic E-state index is -0.394. The molecule has 0 saturated carbocycles. The van der Waals surface area contributed by atoms with Crippen LogP contribution in [0, 0.1) is 10.1 Å². The topological polar surface area (TPSA) is 43.1 Å². The maximum absolute atomic E-state index is 10.3. The molecule has 1 rings (SSSR count). The van der Waals surface area contributed by atoms with Crippen LogP contribution < -0.4 is 0 Å². The smallest absolute Gasteiger partial charge is 0.258 e. The number of non-ortho nitro benzene ring substituents is 1. The zero-order chi connectivity index (χ0) is 9.84. The monoisotopic (exact) mass is 325 g/mol. The van der Waals surface area contributed by atoms with Gasteiger partial charge >= 0.3 is 0 Å². The van der Waals surface area contributed by atoms with E-state index in [0.717, 1.165) is 11.7 Å². The Morgan fingerprint density at radius 2 is 1.85 bits per heavy atom. The number of hydrogen-bond donors (Lipinski definition) is 0. The fourth-order valence-electron chi connectivity index (χ4n) is 0.861. The van der Waals surface area contributed by atoms with Gasteiger partial charge < -0.3 is 0 Å².